The van der Waals surface area contributed by atoms with Crippen LogP contribution in [-0.4, -0.2) is 101 Å². The number of methoxy groups -OCH3 is 1. The Hall–Kier alpha value is -3.10. The average molecular weight is 683 g/mol. The number of ether oxygens (including phenoxy) is 3. The molecule has 4 heterocycles. The van der Waals surface area contributed by atoms with Crippen LogP contribution in [-0.2, 0) is 30.3 Å². The van der Waals surface area contributed by atoms with Gasteiger partial charge in [0.15, 0.2) is 5.60 Å². The van der Waals surface area contributed by atoms with Gasteiger partial charge in [0, 0.05) is 37.2 Å². The molecular weight excluding hydrogens is 631 g/mol. The largest absolute Gasteiger partial charge is 0.458 e. The molecule has 2 radical (unpaired) electrons. The van der Waals surface area contributed by atoms with Crippen LogP contribution in [0.1, 0.15) is 74.1 Å². The number of hydrogen-bond donors (Lipinski definition) is 1. The maximum atomic E-state index is 13.8. The Balaban J connectivity index is 1.57. The molecule has 1 amide bonds. The number of thiazole rings is 1. The molecule has 2 aliphatic heterocycles. The Bertz CT molecular complexity index is 1420. The summed E-state index contributed by atoms with van der Waals surface area (Å²) in [7, 11) is 8.52. The van der Waals surface area contributed by atoms with Crippen molar-refractivity contribution in [3.8, 4) is 10.7 Å². The minimum atomic E-state index is -1.18. The van der Waals surface area contributed by atoms with Gasteiger partial charge in [-0.3, -0.25) is 14.5 Å². The molecule has 2 aliphatic rings. The first-order valence-corrected chi connectivity index (χ1v) is 17.9. The highest BCUT2D eigenvalue weighted by molar-refractivity contribution is 7.13. The summed E-state index contributed by atoms with van der Waals surface area (Å²) in [5.41, 5.74) is -0.481. The van der Waals surface area contributed by atoms with Crippen LogP contribution in [0.25, 0.3) is 10.7 Å². The molecule has 12 nitrogen and oxygen atoms in total. The second-order valence-corrected chi connectivity index (χ2v) is 14.5. The Morgan fingerprint density at radius 1 is 1.19 bits per heavy atom. The Labute approximate surface area is 289 Å². The third kappa shape index (κ3) is 8.02. The summed E-state index contributed by atoms with van der Waals surface area (Å²) in [5.74, 6) is -2.37. The van der Waals surface area contributed by atoms with Gasteiger partial charge in [0.05, 0.1) is 32.7 Å². The fourth-order valence-electron chi connectivity index (χ4n) is 7.05. The number of cyclic esters (lactones) is 1. The molecule has 9 atom stereocenters. The molecule has 2 aromatic heterocycles. The zero-order chi connectivity index (χ0) is 35.2. The topological polar surface area (TPSA) is 138 Å². The lowest BCUT2D eigenvalue weighted by Crippen LogP contribution is -2.60. The number of aromatic nitrogens is 4. The summed E-state index contributed by atoms with van der Waals surface area (Å²) in [4.78, 5) is 46.9. The van der Waals surface area contributed by atoms with Crippen LogP contribution in [0.5, 0.6) is 0 Å². The minimum Gasteiger partial charge on any atom is -0.458 e. The summed E-state index contributed by atoms with van der Waals surface area (Å²) in [6, 6.07) is -0.678. The normalized spacial score (nSPS) is 33.4. The van der Waals surface area contributed by atoms with Gasteiger partial charge >= 0.3 is 12.1 Å². The standard InChI is InChI=1S/C34H51BN6O6S/c1-9-27-33(7)29(41(32(44)47-33)18-11-10-17-40-20-26(38-39-40)30-37-16-19-48-30)24(5)36-15-13-21(2)12-14-34(35,25(6)45-8)23(4)28(42)22(3)31(43)46-27/h10-11,16,19-25,27,29,36H,9,12-15,17-18H2,1-8H3/b11-10+/t21-,22+,23-,24-,25?,27+,29+,33+,34-/m0/s1. The monoisotopic (exact) mass is 682 g/mol. The number of nitrogens with zero attached hydrogens (tertiary/aromatic N) is 5. The van der Waals surface area contributed by atoms with Crippen molar-refractivity contribution in [2.24, 2.45) is 17.8 Å². The van der Waals surface area contributed by atoms with Crippen LogP contribution in [0, 0.1) is 17.8 Å². The van der Waals surface area contributed by atoms with Crippen molar-refractivity contribution < 1.29 is 28.6 Å². The van der Waals surface area contributed by atoms with Crippen molar-refractivity contribution in [2.75, 3.05) is 20.2 Å². The van der Waals surface area contributed by atoms with Crippen molar-refractivity contribution >= 4 is 37.0 Å². The van der Waals surface area contributed by atoms with E-state index < -0.39 is 53.1 Å². The second-order valence-electron chi connectivity index (χ2n) is 13.6. The SMILES string of the molecule is [B][C@@]1(C(C)OC)CC[C@H](C)CCN[C@@H](C)[C@H]2N(C/C=C/Cn3cc(-c4nccs4)nn3)C(=O)O[C@]2(C)[C@@H](CC)OC(=O)[C@H](C)C(=O)[C@@H]1C. The molecule has 0 aromatic carbocycles. The molecule has 0 bridgehead atoms. The number of amides is 1. The molecular formula is C34H51BN6O6S. The van der Waals surface area contributed by atoms with Crippen molar-refractivity contribution in [3.63, 3.8) is 0 Å². The predicted molar refractivity (Wildman–Crippen MR) is 185 cm³/mol. The highest BCUT2D eigenvalue weighted by Gasteiger charge is 2.58. The number of rotatable bonds is 8. The van der Waals surface area contributed by atoms with Gasteiger partial charge in [-0.2, -0.15) is 0 Å². The molecule has 2 fully saturated rings. The number of allylic oxidation sites excluding steroid dienone is 1. The highest BCUT2D eigenvalue weighted by atomic mass is 32.1. The lowest BCUT2D eigenvalue weighted by atomic mass is 9.53. The van der Waals surface area contributed by atoms with E-state index in [0.29, 0.717) is 37.5 Å². The first-order valence-electron chi connectivity index (χ1n) is 17.0. The maximum absolute atomic E-state index is 13.8. The smallest absolute Gasteiger partial charge is 0.411 e. The van der Waals surface area contributed by atoms with Gasteiger partial charge in [0.1, 0.15) is 28.5 Å². The lowest BCUT2D eigenvalue weighted by Gasteiger charge is -2.42. The summed E-state index contributed by atoms with van der Waals surface area (Å²) in [6.07, 6.45) is 8.29. The molecule has 2 saturated heterocycles. The fraction of sp³-hybridized carbons (Fsp3) is 0.706. The summed E-state index contributed by atoms with van der Waals surface area (Å²) < 4.78 is 19.5. The van der Waals surface area contributed by atoms with Crippen LogP contribution in [0.2, 0.25) is 5.31 Å². The lowest BCUT2D eigenvalue weighted by molar-refractivity contribution is -0.170. The fourth-order valence-corrected chi connectivity index (χ4v) is 7.64. The molecule has 1 unspecified atom stereocenters. The first-order chi connectivity index (χ1) is 22.8. The number of carbonyl (C=O) groups is 3. The molecule has 0 spiro atoms. The van der Waals surface area contributed by atoms with Crippen LogP contribution in [0.3, 0.4) is 0 Å². The third-order valence-electron chi connectivity index (χ3n) is 10.5. The van der Waals surface area contributed by atoms with Gasteiger partial charge in [0.25, 0.3) is 0 Å². The molecule has 2 aromatic rings. The minimum absolute atomic E-state index is 0.208. The summed E-state index contributed by atoms with van der Waals surface area (Å²) in [5, 5.41) is 13.7. The molecule has 14 heteroatoms. The Kier molecular flexibility index (Phi) is 12.6. The van der Waals surface area contributed by atoms with E-state index in [9.17, 15) is 14.4 Å². The van der Waals surface area contributed by atoms with Gasteiger partial charge in [-0.25, -0.2) is 14.5 Å². The zero-order valence-electron chi connectivity index (χ0n) is 29.5. The zero-order valence-corrected chi connectivity index (χ0v) is 30.4. The van der Waals surface area contributed by atoms with E-state index in [0.717, 1.165) is 17.8 Å². The van der Waals surface area contributed by atoms with E-state index in [1.54, 1.807) is 36.7 Å². The predicted octanol–water partition coefficient (Wildman–Crippen LogP) is 4.86. The van der Waals surface area contributed by atoms with E-state index in [-0.39, 0.29) is 18.4 Å². The van der Waals surface area contributed by atoms with Crippen LogP contribution in [0.15, 0.2) is 29.9 Å². The van der Waals surface area contributed by atoms with E-state index in [1.165, 1.54) is 11.3 Å². The van der Waals surface area contributed by atoms with Crippen molar-refractivity contribution in [3.05, 3.63) is 29.9 Å². The first kappa shape index (κ1) is 37.7. The van der Waals surface area contributed by atoms with Gasteiger partial charge in [-0.05, 0) is 58.3 Å². The van der Waals surface area contributed by atoms with E-state index >= 15 is 0 Å². The molecule has 262 valence electrons. The van der Waals surface area contributed by atoms with Crippen LogP contribution >= 0.6 is 11.3 Å². The highest BCUT2D eigenvalue weighted by Crippen LogP contribution is 2.45. The van der Waals surface area contributed by atoms with E-state index in [2.05, 4.69) is 27.5 Å². The average Bonchev–Trinajstić information content (AvgIpc) is 3.82. The molecule has 1 N–H and O–H groups in total. The van der Waals surface area contributed by atoms with Crippen molar-refractivity contribution in [1.82, 2.24) is 30.2 Å². The second kappa shape index (κ2) is 16.1. The Morgan fingerprint density at radius 3 is 2.58 bits per heavy atom. The van der Waals surface area contributed by atoms with Gasteiger partial charge in [-0.15, -0.1) is 16.4 Å². The Morgan fingerprint density at radius 2 is 1.92 bits per heavy atom. The number of Topliss-reactive ketones (excluding diaryl/α,β-unsaturated/α-hetero) is 1. The van der Waals surface area contributed by atoms with E-state index in [1.807, 2.05) is 51.4 Å². The van der Waals surface area contributed by atoms with Crippen molar-refractivity contribution in [1.29, 1.82) is 0 Å². The number of nitrogens with one attached hydrogen (secondary N) is 1. The summed E-state index contributed by atoms with van der Waals surface area (Å²) in [6.45, 7) is 14.5. The molecule has 4 rings (SSSR count). The number of hydrogen-bond acceptors (Lipinski definition) is 11. The van der Waals surface area contributed by atoms with Crippen molar-refractivity contribution in [2.45, 2.75) is 116 Å². The molecule has 0 aliphatic carbocycles. The maximum Gasteiger partial charge on any atom is 0.411 e. The van der Waals surface area contributed by atoms with Crippen LogP contribution < -0.4 is 5.32 Å². The van der Waals surface area contributed by atoms with Crippen LogP contribution in [0.4, 0.5) is 4.79 Å². The third-order valence-corrected chi connectivity index (χ3v) is 11.3. The van der Waals surface area contributed by atoms with Gasteiger partial charge in [-0.1, -0.05) is 51.0 Å². The molecule has 0 saturated carbocycles. The molecule has 48 heavy (non-hydrogen) atoms. The summed E-state index contributed by atoms with van der Waals surface area (Å²) >= 11 is 1.50. The quantitative estimate of drug-likeness (QED) is 0.178. The van der Waals surface area contributed by atoms with Gasteiger partial charge in [0.2, 0.25) is 0 Å². The number of carbonyl (C=O) groups excluding carboxylic acids is 3. The van der Waals surface area contributed by atoms with E-state index in [4.69, 9.17) is 22.1 Å². The number of ketones is 1. The van der Waals surface area contributed by atoms with Gasteiger partial charge < -0.3 is 19.5 Å². The number of fused-ring (bicyclic) bond motifs is 1. The number of esters is 1.